The molecule has 0 atom stereocenters. The minimum Gasteiger partial charge on any atom is -0.469 e. The molecule has 1 aliphatic carbocycles. The Balaban J connectivity index is 1.77. The molecule has 0 aromatic carbocycles. The molecule has 1 saturated carbocycles. The molecule has 0 bridgehead atoms. The summed E-state index contributed by atoms with van der Waals surface area (Å²) in [6.07, 6.45) is 6.99. The van der Waals surface area contributed by atoms with Gasteiger partial charge < -0.3 is 10.1 Å². The molecule has 14 heavy (non-hydrogen) atoms. The molecule has 82 valence electrons. The van der Waals surface area contributed by atoms with Crippen molar-refractivity contribution < 1.29 is 9.53 Å². The Morgan fingerprint density at radius 2 is 2.21 bits per heavy atom. The van der Waals surface area contributed by atoms with E-state index in [-0.39, 0.29) is 5.97 Å². The molecule has 0 spiro atoms. The second kappa shape index (κ2) is 6.82. The molecule has 0 aromatic heterocycles. The van der Waals surface area contributed by atoms with E-state index in [2.05, 4.69) is 10.1 Å². The first-order chi connectivity index (χ1) is 6.83. The summed E-state index contributed by atoms with van der Waals surface area (Å²) in [5, 5.41) is 3.36. The summed E-state index contributed by atoms with van der Waals surface area (Å²) >= 11 is 0. The molecule has 0 saturated heterocycles. The lowest BCUT2D eigenvalue weighted by Gasteiger charge is -2.25. The third-order valence-corrected chi connectivity index (χ3v) is 2.92. The van der Waals surface area contributed by atoms with E-state index in [0.29, 0.717) is 6.42 Å². The van der Waals surface area contributed by atoms with Gasteiger partial charge in [0.1, 0.15) is 0 Å². The smallest absolute Gasteiger partial charge is 0.305 e. The molecule has 0 aromatic rings. The first-order valence-corrected chi connectivity index (χ1v) is 5.60. The van der Waals surface area contributed by atoms with Crippen molar-refractivity contribution in [2.45, 2.75) is 38.5 Å². The molecule has 3 heteroatoms. The lowest BCUT2D eigenvalue weighted by molar-refractivity contribution is -0.140. The van der Waals surface area contributed by atoms with Crippen LogP contribution in [0.25, 0.3) is 0 Å². The monoisotopic (exact) mass is 199 g/mol. The molecular formula is C11H21NO2. The van der Waals surface area contributed by atoms with Crippen LogP contribution in [0.5, 0.6) is 0 Å². The van der Waals surface area contributed by atoms with E-state index in [1.165, 1.54) is 32.8 Å². The SMILES string of the molecule is COC(=O)CCCNCCC1CCC1. The number of methoxy groups -OCH3 is 1. The molecule has 1 N–H and O–H groups in total. The quantitative estimate of drug-likeness (QED) is 0.501. The molecule has 0 aliphatic heterocycles. The van der Waals surface area contributed by atoms with Gasteiger partial charge in [-0.2, -0.15) is 0 Å². The number of hydrogen-bond donors (Lipinski definition) is 1. The number of carbonyl (C=O) groups excluding carboxylic acids is 1. The normalized spacial score (nSPS) is 16.4. The average molecular weight is 199 g/mol. The predicted molar refractivity (Wildman–Crippen MR) is 56.1 cm³/mol. The van der Waals surface area contributed by atoms with Crippen molar-refractivity contribution in [3.05, 3.63) is 0 Å². The zero-order chi connectivity index (χ0) is 10.2. The Morgan fingerprint density at radius 3 is 2.79 bits per heavy atom. The van der Waals surface area contributed by atoms with Gasteiger partial charge in [0, 0.05) is 6.42 Å². The summed E-state index contributed by atoms with van der Waals surface area (Å²) in [6.45, 7) is 2.04. The van der Waals surface area contributed by atoms with E-state index in [4.69, 9.17) is 0 Å². The first kappa shape index (κ1) is 11.5. The van der Waals surface area contributed by atoms with E-state index >= 15 is 0 Å². The molecule has 1 fully saturated rings. The standard InChI is InChI=1S/C11H21NO2/c1-14-11(13)6-3-8-12-9-7-10-4-2-5-10/h10,12H,2-9H2,1H3. The first-order valence-electron chi connectivity index (χ1n) is 5.60. The van der Waals surface area contributed by atoms with E-state index in [1.54, 1.807) is 0 Å². The van der Waals surface area contributed by atoms with Crippen LogP contribution in [0.2, 0.25) is 0 Å². The van der Waals surface area contributed by atoms with Gasteiger partial charge in [-0.15, -0.1) is 0 Å². The van der Waals surface area contributed by atoms with E-state index in [0.717, 1.165) is 25.4 Å². The van der Waals surface area contributed by atoms with Gasteiger partial charge in [-0.05, 0) is 31.8 Å². The molecule has 0 unspecified atom stereocenters. The van der Waals surface area contributed by atoms with Crippen molar-refractivity contribution >= 4 is 5.97 Å². The maximum Gasteiger partial charge on any atom is 0.305 e. The second-order valence-electron chi connectivity index (χ2n) is 4.02. The Bertz CT molecular complexity index is 167. The third-order valence-electron chi connectivity index (χ3n) is 2.92. The molecule has 0 amide bonds. The Hall–Kier alpha value is -0.570. The number of hydrogen-bond acceptors (Lipinski definition) is 3. The van der Waals surface area contributed by atoms with Crippen LogP contribution in [0.3, 0.4) is 0 Å². The summed E-state index contributed by atoms with van der Waals surface area (Å²) < 4.78 is 4.55. The lowest BCUT2D eigenvalue weighted by Crippen LogP contribution is -2.22. The van der Waals surface area contributed by atoms with Crippen molar-refractivity contribution in [3.63, 3.8) is 0 Å². The molecule has 3 nitrogen and oxygen atoms in total. The van der Waals surface area contributed by atoms with Gasteiger partial charge in [-0.1, -0.05) is 19.3 Å². The fraction of sp³-hybridized carbons (Fsp3) is 0.909. The van der Waals surface area contributed by atoms with Gasteiger partial charge in [-0.25, -0.2) is 0 Å². The van der Waals surface area contributed by atoms with Gasteiger partial charge in [0.2, 0.25) is 0 Å². The van der Waals surface area contributed by atoms with Crippen LogP contribution in [-0.4, -0.2) is 26.2 Å². The third kappa shape index (κ3) is 4.61. The topological polar surface area (TPSA) is 38.3 Å². The van der Waals surface area contributed by atoms with Crippen molar-refractivity contribution in [2.24, 2.45) is 5.92 Å². The number of rotatable bonds is 7. The number of esters is 1. The average Bonchev–Trinajstić information content (AvgIpc) is 2.13. The fourth-order valence-corrected chi connectivity index (χ4v) is 1.67. The molecule has 1 aliphatic rings. The highest BCUT2D eigenvalue weighted by Crippen LogP contribution is 2.28. The maximum absolute atomic E-state index is 10.8. The highest BCUT2D eigenvalue weighted by Gasteiger charge is 2.15. The Labute approximate surface area is 86.2 Å². The van der Waals surface area contributed by atoms with Crippen molar-refractivity contribution in [1.82, 2.24) is 5.32 Å². The van der Waals surface area contributed by atoms with Crippen molar-refractivity contribution in [2.75, 3.05) is 20.2 Å². The van der Waals surface area contributed by atoms with Gasteiger partial charge in [0.15, 0.2) is 0 Å². The van der Waals surface area contributed by atoms with Gasteiger partial charge >= 0.3 is 5.97 Å². The fourth-order valence-electron chi connectivity index (χ4n) is 1.67. The van der Waals surface area contributed by atoms with Gasteiger partial charge in [-0.3, -0.25) is 4.79 Å². The van der Waals surface area contributed by atoms with E-state index in [1.807, 2.05) is 0 Å². The minimum absolute atomic E-state index is 0.106. The van der Waals surface area contributed by atoms with Crippen LogP contribution >= 0.6 is 0 Å². The summed E-state index contributed by atoms with van der Waals surface area (Å²) in [4.78, 5) is 10.8. The molecule has 1 rings (SSSR count). The second-order valence-corrected chi connectivity index (χ2v) is 4.02. The Kier molecular flexibility index (Phi) is 5.60. The summed E-state index contributed by atoms with van der Waals surface area (Å²) in [5.41, 5.74) is 0. The zero-order valence-electron chi connectivity index (χ0n) is 9.05. The van der Waals surface area contributed by atoms with Crippen LogP contribution in [0.4, 0.5) is 0 Å². The number of nitrogens with one attached hydrogen (secondary N) is 1. The number of carbonyl (C=O) groups is 1. The highest BCUT2D eigenvalue weighted by atomic mass is 16.5. The lowest BCUT2D eigenvalue weighted by atomic mass is 9.83. The van der Waals surface area contributed by atoms with Crippen LogP contribution in [0.1, 0.15) is 38.5 Å². The summed E-state index contributed by atoms with van der Waals surface area (Å²) in [5.74, 6) is 0.869. The van der Waals surface area contributed by atoms with Crippen LogP contribution in [-0.2, 0) is 9.53 Å². The molecule has 0 radical (unpaired) electrons. The largest absolute Gasteiger partial charge is 0.469 e. The summed E-state index contributed by atoms with van der Waals surface area (Å²) in [6, 6.07) is 0. The van der Waals surface area contributed by atoms with Crippen molar-refractivity contribution in [3.8, 4) is 0 Å². The van der Waals surface area contributed by atoms with Crippen molar-refractivity contribution in [1.29, 1.82) is 0 Å². The van der Waals surface area contributed by atoms with Gasteiger partial charge in [0.25, 0.3) is 0 Å². The number of ether oxygens (including phenoxy) is 1. The van der Waals surface area contributed by atoms with Crippen LogP contribution < -0.4 is 5.32 Å². The van der Waals surface area contributed by atoms with E-state index in [9.17, 15) is 4.79 Å². The van der Waals surface area contributed by atoms with Crippen LogP contribution in [0.15, 0.2) is 0 Å². The summed E-state index contributed by atoms with van der Waals surface area (Å²) in [7, 11) is 1.44. The maximum atomic E-state index is 10.8. The predicted octanol–water partition coefficient (Wildman–Crippen LogP) is 1.72. The van der Waals surface area contributed by atoms with E-state index < -0.39 is 0 Å². The molecular weight excluding hydrogens is 178 g/mol. The zero-order valence-corrected chi connectivity index (χ0v) is 9.05. The minimum atomic E-state index is -0.106. The van der Waals surface area contributed by atoms with Gasteiger partial charge in [0.05, 0.1) is 7.11 Å². The highest BCUT2D eigenvalue weighted by molar-refractivity contribution is 5.68. The Morgan fingerprint density at radius 1 is 1.43 bits per heavy atom. The molecule has 0 heterocycles. The van der Waals surface area contributed by atoms with Crippen LogP contribution in [0, 0.1) is 5.92 Å².